The van der Waals surface area contributed by atoms with Crippen molar-refractivity contribution in [2.24, 2.45) is 0 Å². The highest BCUT2D eigenvalue weighted by molar-refractivity contribution is 9.10. The third-order valence-corrected chi connectivity index (χ3v) is 7.67. The van der Waals surface area contributed by atoms with Crippen LogP contribution in [-0.4, -0.2) is 32.4 Å². The predicted molar refractivity (Wildman–Crippen MR) is 95.9 cm³/mol. The van der Waals surface area contributed by atoms with E-state index in [0.29, 0.717) is 22.5 Å². The molecule has 24 heavy (non-hydrogen) atoms. The van der Waals surface area contributed by atoms with Gasteiger partial charge in [-0.05, 0) is 57.6 Å². The van der Waals surface area contributed by atoms with Crippen LogP contribution in [0.25, 0.3) is 0 Å². The average molecular weight is 408 g/mol. The van der Waals surface area contributed by atoms with Gasteiger partial charge in [-0.3, -0.25) is 0 Å². The maximum Gasteiger partial charge on any atom is 0.244 e. The monoisotopic (exact) mass is 407 g/mol. The molecule has 2 aliphatic heterocycles. The number of nitrogens with zero attached hydrogens (tertiary/aromatic N) is 1. The Morgan fingerprint density at radius 3 is 2.83 bits per heavy atom. The molecular weight excluding hydrogens is 390 g/mol. The van der Waals surface area contributed by atoms with E-state index >= 15 is 0 Å². The number of fused-ring (bicyclic) bond motifs is 1. The molecule has 1 fully saturated rings. The molecule has 0 aromatic heterocycles. The van der Waals surface area contributed by atoms with Crippen LogP contribution in [0, 0.1) is 0 Å². The van der Waals surface area contributed by atoms with Gasteiger partial charge in [0.15, 0.2) is 0 Å². The second-order valence-electron chi connectivity index (χ2n) is 6.24. The molecule has 2 aliphatic rings. The quantitative estimate of drug-likeness (QED) is 0.781. The molecule has 126 valence electrons. The van der Waals surface area contributed by atoms with Gasteiger partial charge >= 0.3 is 0 Å². The van der Waals surface area contributed by atoms with Crippen LogP contribution in [-0.2, 0) is 16.4 Å². The Hall–Kier alpha value is -1.37. The Morgan fingerprint density at radius 2 is 2.00 bits per heavy atom. The topological polar surface area (TPSA) is 46.6 Å². The Labute approximate surface area is 150 Å². The van der Waals surface area contributed by atoms with E-state index in [1.54, 1.807) is 22.5 Å². The summed E-state index contributed by atoms with van der Waals surface area (Å²) in [4.78, 5) is 0.341. The molecule has 2 aromatic rings. The van der Waals surface area contributed by atoms with Crippen molar-refractivity contribution >= 4 is 26.0 Å². The molecule has 0 amide bonds. The molecule has 2 aromatic carbocycles. The lowest BCUT2D eigenvalue weighted by atomic mass is 9.96. The lowest BCUT2D eigenvalue weighted by Crippen LogP contribution is -2.29. The van der Waals surface area contributed by atoms with Crippen molar-refractivity contribution in [1.82, 2.24) is 4.31 Å². The van der Waals surface area contributed by atoms with Gasteiger partial charge in [-0.25, -0.2) is 8.42 Å². The Bertz CT molecular complexity index is 882. The van der Waals surface area contributed by atoms with Crippen LogP contribution in [0.1, 0.15) is 23.5 Å². The Balaban J connectivity index is 1.57. The third kappa shape index (κ3) is 2.76. The third-order valence-electron chi connectivity index (χ3n) is 4.79. The van der Waals surface area contributed by atoms with Crippen LogP contribution < -0.4 is 4.74 Å². The first kappa shape index (κ1) is 16.1. The molecule has 4 nitrogen and oxygen atoms in total. The molecular formula is C18H18BrNO3S. The van der Waals surface area contributed by atoms with Crippen LogP contribution in [0.3, 0.4) is 0 Å². The molecule has 0 aliphatic carbocycles. The zero-order valence-electron chi connectivity index (χ0n) is 13.1. The second-order valence-corrected chi connectivity index (χ2v) is 9.01. The number of ether oxygens (including phenoxy) is 1. The van der Waals surface area contributed by atoms with Crippen molar-refractivity contribution in [3.63, 3.8) is 0 Å². The first-order valence-electron chi connectivity index (χ1n) is 8.06. The number of benzene rings is 2. The summed E-state index contributed by atoms with van der Waals surface area (Å²) >= 11 is 3.35. The molecule has 0 radical (unpaired) electrons. The molecule has 1 atom stereocenters. The van der Waals surface area contributed by atoms with Crippen LogP contribution in [0.5, 0.6) is 5.75 Å². The highest BCUT2D eigenvalue weighted by atomic mass is 79.9. The zero-order valence-corrected chi connectivity index (χ0v) is 15.5. The predicted octanol–water partition coefficient (Wildman–Crippen LogP) is 3.56. The minimum atomic E-state index is -3.46. The summed E-state index contributed by atoms with van der Waals surface area (Å²) in [5.74, 6) is 1.21. The lowest BCUT2D eigenvalue weighted by Gasteiger charge is -2.18. The summed E-state index contributed by atoms with van der Waals surface area (Å²) in [5.41, 5.74) is 2.45. The fraction of sp³-hybridized carbons (Fsp3) is 0.333. The first-order chi connectivity index (χ1) is 11.6. The van der Waals surface area contributed by atoms with Crippen LogP contribution >= 0.6 is 15.9 Å². The van der Waals surface area contributed by atoms with E-state index in [4.69, 9.17) is 4.74 Å². The van der Waals surface area contributed by atoms with Crippen molar-refractivity contribution in [2.75, 3.05) is 19.7 Å². The van der Waals surface area contributed by atoms with E-state index in [2.05, 4.69) is 28.1 Å². The zero-order chi connectivity index (χ0) is 16.7. The molecule has 0 bridgehead atoms. The lowest BCUT2D eigenvalue weighted by molar-refractivity contribution is 0.357. The molecule has 6 heteroatoms. The number of halogens is 1. The van der Waals surface area contributed by atoms with Crippen molar-refractivity contribution < 1.29 is 13.2 Å². The van der Waals surface area contributed by atoms with Gasteiger partial charge in [0, 0.05) is 24.0 Å². The fourth-order valence-corrected chi connectivity index (χ4v) is 5.94. The molecule has 0 saturated carbocycles. The van der Waals surface area contributed by atoms with Gasteiger partial charge < -0.3 is 4.74 Å². The van der Waals surface area contributed by atoms with Gasteiger partial charge in [0.1, 0.15) is 5.75 Å². The summed E-state index contributed by atoms with van der Waals surface area (Å²) in [7, 11) is -3.46. The van der Waals surface area contributed by atoms with E-state index in [-0.39, 0.29) is 5.92 Å². The molecule has 0 N–H and O–H groups in total. The molecule has 1 saturated heterocycles. The number of hydrogen-bond donors (Lipinski definition) is 0. The normalized spacial score (nSPS) is 20.8. The van der Waals surface area contributed by atoms with Crippen LogP contribution in [0.2, 0.25) is 0 Å². The SMILES string of the molecule is O=S(=O)(c1ccccc1Br)N1CC[C@@H](c2ccc3c(c2)CCO3)C1. The van der Waals surface area contributed by atoms with Crippen LogP contribution in [0.4, 0.5) is 0 Å². The van der Waals surface area contributed by atoms with E-state index in [1.807, 2.05) is 12.1 Å². The van der Waals surface area contributed by atoms with E-state index < -0.39 is 10.0 Å². The second kappa shape index (κ2) is 6.17. The van der Waals surface area contributed by atoms with Gasteiger partial charge in [-0.1, -0.05) is 24.3 Å². The van der Waals surface area contributed by atoms with Gasteiger partial charge in [-0.2, -0.15) is 4.31 Å². The van der Waals surface area contributed by atoms with Gasteiger partial charge in [0.2, 0.25) is 10.0 Å². The average Bonchev–Trinajstić information content (AvgIpc) is 3.24. The Kier molecular flexibility index (Phi) is 4.14. The number of hydrogen-bond acceptors (Lipinski definition) is 3. The summed E-state index contributed by atoms with van der Waals surface area (Å²) in [6.45, 7) is 1.83. The smallest absolute Gasteiger partial charge is 0.244 e. The van der Waals surface area contributed by atoms with Gasteiger partial charge in [0.05, 0.1) is 11.5 Å². The Morgan fingerprint density at radius 1 is 1.17 bits per heavy atom. The fourth-order valence-electron chi connectivity index (χ4n) is 3.47. The highest BCUT2D eigenvalue weighted by Gasteiger charge is 2.34. The van der Waals surface area contributed by atoms with E-state index in [1.165, 1.54) is 11.1 Å². The number of sulfonamides is 1. The molecule has 4 rings (SSSR count). The summed E-state index contributed by atoms with van der Waals surface area (Å²) in [6.07, 6.45) is 1.79. The van der Waals surface area contributed by atoms with E-state index in [0.717, 1.165) is 25.2 Å². The maximum absolute atomic E-state index is 12.9. The molecule has 0 unspecified atom stereocenters. The van der Waals surface area contributed by atoms with Gasteiger partial charge in [0.25, 0.3) is 0 Å². The van der Waals surface area contributed by atoms with Gasteiger partial charge in [-0.15, -0.1) is 0 Å². The van der Waals surface area contributed by atoms with Crippen molar-refractivity contribution in [3.05, 3.63) is 58.1 Å². The largest absolute Gasteiger partial charge is 0.493 e. The molecule has 0 spiro atoms. The van der Waals surface area contributed by atoms with Crippen LogP contribution in [0.15, 0.2) is 51.8 Å². The maximum atomic E-state index is 12.9. The summed E-state index contributed by atoms with van der Waals surface area (Å²) in [6, 6.07) is 13.3. The van der Waals surface area contributed by atoms with E-state index in [9.17, 15) is 8.42 Å². The van der Waals surface area contributed by atoms with Crippen molar-refractivity contribution in [1.29, 1.82) is 0 Å². The minimum Gasteiger partial charge on any atom is -0.493 e. The minimum absolute atomic E-state index is 0.244. The summed E-state index contributed by atoms with van der Waals surface area (Å²) < 4.78 is 33.6. The number of rotatable bonds is 3. The first-order valence-corrected chi connectivity index (χ1v) is 10.3. The molecule has 2 heterocycles. The standard InChI is InChI=1S/C18H18BrNO3S/c19-16-3-1-2-4-18(16)24(21,22)20-9-7-15(12-20)13-5-6-17-14(11-13)8-10-23-17/h1-6,11,15H,7-10,12H2/t15-/m1/s1. The van der Waals surface area contributed by atoms with Crippen molar-refractivity contribution in [3.8, 4) is 5.75 Å². The highest BCUT2D eigenvalue weighted by Crippen LogP contribution is 2.35. The summed E-state index contributed by atoms with van der Waals surface area (Å²) in [5, 5.41) is 0. The van der Waals surface area contributed by atoms with Crippen molar-refractivity contribution in [2.45, 2.75) is 23.7 Å².